The molecule has 0 amide bonds. The van der Waals surface area contributed by atoms with E-state index >= 15 is 0 Å². The van der Waals surface area contributed by atoms with Gasteiger partial charge in [-0.1, -0.05) is 32.7 Å². The Kier molecular flexibility index (Phi) is 4.23. The van der Waals surface area contributed by atoms with Crippen LogP contribution in [0.25, 0.3) is 10.8 Å². The topological polar surface area (TPSA) is 61.0 Å². The van der Waals surface area contributed by atoms with Gasteiger partial charge in [0.1, 0.15) is 10.6 Å². The lowest BCUT2D eigenvalue weighted by atomic mass is 10.3. The van der Waals surface area contributed by atoms with Gasteiger partial charge in [-0.2, -0.15) is 4.98 Å². The molecule has 0 saturated heterocycles. The van der Waals surface area contributed by atoms with Crippen molar-refractivity contribution in [1.29, 1.82) is 0 Å². The summed E-state index contributed by atoms with van der Waals surface area (Å²) < 4.78 is 11.9. The Balaban J connectivity index is 1.78. The number of nitrogens with zero attached hydrogens (tertiary/aromatic N) is 3. The number of rotatable bonds is 4. The summed E-state index contributed by atoms with van der Waals surface area (Å²) in [6.45, 7) is 1.83. The van der Waals surface area contributed by atoms with Crippen LogP contribution in [0.5, 0.6) is 5.75 Å². The second-order valence-corrected chi connectivity index (χ2v) is 6.37. The summed E-state index contributed by atoms with van der Waals surface area (Å²) in [4.78, 5) is 9.11. The molecule has 8 heteroatoms. The molecule has 0 N–H and O–H groups in total. The predicted molar refractivity (Wildman–Crippen MR) is 83.6 cm³/mol. The molecule has 0 saturated carbocycles. The monoisotopic (exact) mass is 385 g/mol. The first kappa shape index (κ1) is 14.5. The minimum Gasteiger partial charge on any atom is -0.481 e. The minimum atomic E-state index is -0.380. The van der Waals surface area contributed by atoms with E-state index in [-0.39, 0.29) is 6.10 Å². The van der Waals surface area contributed by atoms with Gasteiger partial charge in [0, 0.05) is 4.47 Å². The Hall–Kier alpha value is -1.44. The van der Waals surface area contributed by atoms with Crippen molar-refractivity contribution < 1.29 is 9.26 Å². The Morgan fingerprint density at radius 3 is 3.00 bits per heavy atom. The average molecular weight is 387 g/mol. The zero-order valence-corrected chi connectivity index (χ0v) is 13.9. The molecule has 3 aromatic rings. The van der Waals surface area contributed by atoms with Gasteiger partial charge < -0.3 is 9.26 Å². The standard InChI is InChI=1S/C13H9BrClN3O2S/c1-7(19-10-3-2-8(14)4-9(10)15)12-17-13(20-18-12)11-5-16-6-21-11/h2-7H,1H3. The predicted octanol–water partition coefficient (Wildman–Crippen LogP) is 4.75. The number of hydrogen-bond donors (Lipinski definition) is 0. The van der Waals surface area contributed by atoms with Gasteiger partial charge in [-0.25, -0.2) is 0 Å². The molecule has 0 radical (unpaired) electrons. The molecule has 0 bridgehead atoms. The van der Waals surface area contributed by atoms with Crippen LogP contribution in [0.15, 0.2) is 38.9 Å². The summed E-state index contributed by atoms with van der Waals surface area (Å²) >= 11 is 10.9. The maximum Gasteiger partial charge on any atom is 0.269 e. The second kappa shape index (κ2) is 6.13. The van der Waals surface area contributed by atoms with Gasteiger partial charge in [-0.05, 0) is 25.1 Å². The van der Waals surface area contributed by atoms with Crippen LogP contribution in [0.1, 0.15) is 18.9 Å². The third-order valence-corrected chi connectivity index (χ3v) is 4.20. The number of benzene rings is 1. The molecule has 1 unspecified atom stereocenters. The quantitative estimate of drug-likeness (QED) is 0.647. The first-order chi connectivity index (χ1) is 10.1. The summed E-state index contributed by atoms with van der Waals surface area (Å²) in [6, 6.07) is 5.41. The lowest BCUT2D eigenvalue weighted by Gasteiger charge is -2.12. The highest BCUT2D eigenvalue weighted by molar-refractivity contribution is 9.10. The maximum absolute atomic E-state index is 6.12. The van der Waals surface area contributed by atoms with E-state index in [0.29, 0.717) is 22.5 Å². The van der Waals surface area contributed by atoms with Crippen molar-refractivity contribution in [3.63, 3.8) is 0 Å². The van der Waals surface area contributed by atoms with Crippen molar-refractivity contribution in [1.82, 2.24) is 15.1 Å². The normalized spacial score (nSPS) is 12.3. The Morgan fingerprint density at radius 1 is 1.43 bits per heavy atom. The average Bonchev–Trinajstić information content (AvgIpc) is 3.10. The van der Waals surface area contributed by atoms with E-state index in [4.69, 9.17) is 20.9 Å². The Morgan fingerprint density at radius 2 is 2.29 bits per heavy atom. The lowest BCUT2D eigenvalue weighted by molar-refractivity contribution is 0.211. The van der Waals surface area contributed by atoms with Gasteiger partial charge in [-0.3, -0.25) is 4.98 Å². The van der Waals surface area contributed by atoms with Crippen LogP contribution >= 0.6 is 38.9 Å². The van der Waals surface area contributed by atoms with E-state index in [9.17, 15) is 0 Å². The fraction of sp³-hybridized carbons (Fsp3) is 0.154. The van der Waals surface area contributed by atoms with Crippen LogP contribution in [0.2, 0.25) is 5.02 Å². The summed E-state index contributed by atoms with van der Waals surface area (Å²) in [5.74, 6) is 1.46. The van der Waals surface area contributed by atoms with E-state index in [1.165, 1.54) is 11.3 Å². The molecule has 1 aromatic carbocycles. The molecular formula is C13H9BrClN3O2S. The van der Waals surface area contributed by atoms with Gasteiger partial charge >= 0.3 is 0 Å². The molecule has 5 nitrogen and oxygen atoms in total. The maximum atomic E-state index is 6.12. The molecule has 0 aliphatic carbocycles. The molecule has 2 aromatic heterocycles. The van der Waals surface area contributed by atoms with Crippen LogP contribution in [0, 0.1) is 0 Å². The molecule has 21 heavy (non-hydrogen) atoms. The SMILES string of the molecule is CC(Oc1ccc(Br)cc1Cl)c1noc(-c2cncs2)n1. The number of halogens is 2. The van der Waals surface area contributed by atoms with Gasteiger partial charge in [0.05, 0.1) is 16.7 Å². The minimum absolute atomic E-state index is 0.380. The van der Waals surface area contributed by atoms with E-state index in [1.54, 1.807) is 23.8 Å². The second-order valence-electron chi connectivity index (χ2n) is 4.16. The molecule has 3 rings (SSSR count). The molecule has 0 fully saturated rings. The van der Waals surface area contributed by atoms with Crippen LogP contribution in [-0.2, 0) is 0 Å². The molecule has 1 atom stereocenters. The Labute approximate surface area is 138 Å². The molecule has 0 spiro atoms. The Bertz CT molecular complexity index is 748. The molecular weight excluding hydrogens is 378 g/mol. The van der Waals surface area contributed by atoms with E-state index < -0.39 is 0 Å². The van der Waals surface area contributed by atoms with Crippen molar-refractivity contribution in [2.24, 2.45) is 0 Å². The highest BCUT2D eigenvalue weighted by Crippen LogP contribution is 2.31. The van der Waals surface area contributed by atoms with Gasteiger partial charge in [0.15, 0.2) is 6.10 Å². The third-order valence-electron chi connectivity index (χ3n) is 2.65. The molecule has 0 aliphatic rings. The van der Waals surface area contributed by atoms with Crippen molar-refractivity contribution in [2.75, 3.05) is 0 Å². The van der Waals surface area contributed by atoms with Crippen molar-refractivity contribution in [3.8, 4) is 16.5 Å². The highest BCUT2D eigenvalue weighted by Gasteiger charge is 2.18. The molecule has 0 aliphatic heterocycles. The lowest BCUT2D eigenvalue weighted by Crippen LogP contribution is -2.05. The number of hydrogen-bond acceptors (Lipinski definition) is 6. The van der Waals surface area contributed by atoms with Crippen LogP contribution in [-0.4, -0.2) is 15.1 Å². The zero-order chi connectivity index (χ0) is 14.8. The first-order valence-electron chi connectivity index (χ1n) is 5.97. The molecule has 2 heterocycles. The summed E-state index contributed by atoms with van der Waals surface area (Å²) in [7, 11) is 0. The smallest absolute Gasteiger partial charge is 0.269 e. The summed E-state index contributed by atoms with van der Waals surface area (Å²) in [5.41, 5.74) is 1.71. The summed E-state index contributed by atoms with van der Waals surface area (Å²) in [6.07, 6.45) is 1.30. The summed E-state index contributed by atoms with van der Waals surface area (Å²) in [5, 5.41) is 4.45. The van der Waals surface area contributed by atoms with Crippen molar-refractivity contribution in [3.05, 3.63) is 45.2 Å². The van der Waals surface area contributed by atoms with Gasteiger partial charge in [-0.15, -0.1) is 11.3 Å². The number of aromatic nitrogens is 3. The fourth-order valence-electron chi connectivity index (χ4n) is 1.64. The highest BCUT2D eigenvalue weighted by atomic mass is 79.9. The van der Waals surface area contributed by atoms with Gasteiger partial charge in [0.2, 0.25) is 5.82 Å². The van der Waals surface area contributed by atoms with Gasteiger partial charge in [0.25, 0.3) is 5.89 Å². The van der Waals surface area contributed by atoms with Crippen LogP contribution in [0.4, 0.5) is 0 Å². The fourth-order valence-corrected chi connectivity index (χ4v) is 2.89. The van der Waals surface area contributed by atoms with Crippen molar-refractivity contribution >= 4 is 38.9 Å². The van der Waals surface area contributed by atoms with E-state index in [0.717, 1.165) is 9.35 Å². The number of ether oxygens (including phenoxy) is 1. The zero-order valence-electron chi connectivity index (χ0n) is 10.8. The van der Waals surface area contributed by atoms with Crippen LogP contribution in [0.3, 0.4) is 0 Å². The third kappa shape index (κ3) is 3.25. The number of thiazole rings is 1. The van der Waals surface area contributed by atoms with Crippen molar-refractivity contribution in [2.45, 2.75) is 13.0 Å². The van der Waals surface area contributed by atoms with E-state index in [1.807, 2.05) is 13.0 Å². The van der Waals surface area contributed by atoms with E-state index in [2.05, 4.69) is 31.1 Å². The molecule has 108 valence electrons. The largest absolute Gasteiger partial charge is 0.481 e. The van der Waals surface area contributed by atoms with Crippen LogP contribution < -0.4 is 4.74 Å². The first-order valence-corrected chi connectivity index (χ1v) is 8.02.